The molecule has 1 rings (SSSR count). The average Bonchev–Trinajstić information content (AvgIpc) is 2.39. The highest BCUT2D eigenvalue weighted by Gasteiger charge is 2.04. The van der Waals surface area contributed by atoms with Crippen molar-refractivity contribution in [3.05, 3.63) is 35.5 Å². The van der Waals surface area contributed by atoms with Crippen LogP contribution < -0.4 is 16.4 Å². The normalized spacial score (nSPS) is 11.6. The topological polar surface area (TPSA) is 79.1 Å². The lowest BCUT2D eigenvalue weighted by atomic mass is 10.1. The van der Waals surface area contributed by atoms with Crippen molar-refractivity contribution in [3.8, 4) is 6.07 Å². The van der Waals surface area contributed by atoms with Crippen molar-refractivity contribution in [2.75, 3.05) is 18.0 Å². The maximum atomic E-state index is 8.66. The van der Waals surface area contributed by atoms with Crippen LogP contribution >= 0.6 is 0 Å². The second-order valence-corrected chi connectivity index (χ2v) is 3.66. The summed E-state index contributed by atoms with van der Waals surface area (Å²) in [4.78, 5) is 2.23. The van der Waals surface area contributed by atoms with Gasteiger partial charge in [0.05, 0.1) is 5.70 Å². The molecule has 0 heterocycles. The van der Waals surface area contributed by atoms with E-state index < -0.39 is 0 Å². The molecular formula is C13H18N4. The summed E-state index contributed by atoms with van der Waals surface area (Å²) < 4.78 is 0. The molecule has 0 aromatic heterocycles. The van der Waals surface area contributed by atoms with E-state index in [1.165, 1.54) is 0 Å². The molecule has 0 saturated heterocycles. The molecule has 0 spiro atoms. The average molecular weight is 230 g/mol. The van der Waals surface area contributed by atoms with Crippen molar-refractivity contribution in [2.45, 2.75) is 13.8 Å². The minimum atomic E-state index is 0.0561. The van der Waals surface area contributed by atoms with Crippen molar-refractivity contribution < 1.29 is 0 Å². The lowest BCUT2D eigenvalue weighted by Crippen LogP contribution is -2.21. The van der Waals surface area contributed by atoms with Gasteiger partial charge in [0.2, 0.25) is 0 Å². The van der Waals surface area contributed by atoms with E-state index in [9.17, 15) is 0 Å². The van der Waals surface area contributed by atoms with Crippen LogP contribution in [-0.2, 0) is 0 Å². The molecular weight excluding hydrogens is 212 g/mol. The van der Waals surface area contributed by atoms with E-state index in [4.69, 9.17) is 16.7 Å². The Hall–Kier alpha value is -2.15. The fourth-order valence-electron chi connectivity index (χ4n) is 1.66. The highest BCUT2D eigenvalue weighted by molar-refractivity contribution is 5.69. The molecule has 4 nitrogen and oxygen atoms in total. The van der Waals surface area contributed by atoms with Gasteiger partial charge in [0.15, 0.2) is 0 Å². The van der Waals surface area contributed by atoms with E-state index in [1.54, 1.807) is 0 Å². The fourth-order valence-corrected chi connectivity index (χ4v) is 1.66. The van der Waals surface area contributed by atoms with Crippen molar-refractivity contribution in [2.24, 2.45) is 11.5 Å². The number of nitrogens with two attached hydrogens (primary N) is 2. The minimum absolute atomic E-state index is 0.0561. The Morgan fingerprint density at radius 3 is 2.12 bits per heavy atom. The van der Waals surface area contributed by atoms with Crippen LogP contribution in [0.25, 0.3) is 5.70 Å². The maximum absolute atomic E-state index is 8.66. The van der Waals surface area contributed by atoms with Gasteiger partial charge >= 0.3 is 0 Å². The zero-order valence-corrected chi connectivity index (χ0v) is 10.3. The highest BCUT2D eigenvalue weighted by atomic mass is 15.1. The molecule has 0 amide bonds. The van der Waals surface area contributed by atoms with E-state index in [0.29, 0.717) is 5.70 Å². The Kier molecular flexibility index (Phi) is 4.41. The largest absolute Gasteiger partial charge is 0.396 e. The third kappa shape index (κ3) is 2.91. The monoisotopic (exact) mass is 230 g/mol. The number of hydrogen-bond acceptors (Lipinski definition) is 4. The third-order valence-electron chi connectivity index (χ3n) is 2.72. The van der Waals surface area contributed by atoms with Crippen molar-refractivity contribution in [3.63, 3.8) is 0 Å². The van der Waals surface area contributed by atoms with Gasteiger partial charge < -0.3 is 16.4 Å². The molecule has 0 fully saturated rings. The molecule has 1 aromatic carbocycles. The van der Waals surface area contributed by atoms with Crippen LogP contribution in [0.3, 0.4) is 0 Å². The van der Waals surface area contributed by atoms with Crippen LogP contribution in [0.4, 0.5) is 5.69 Å². The predicted molar refractivity (Wildman–Crippen MR) is 70.9 cm³/mol. The molecule has 0 aliphatic carbocycles. The first-order chi connectivity index (χ1) is 8.13. The van der Waals surface area contributed by atoms with Crippen LogP contribution in [0.5, 0.6) is 0 Å². The lowest BCUT2D eigenvalue weighted by molar-refractivity contribution is 0.866. The molecule has 17 heavy (non-hydrogen) atoms. The number of nitrogens with zero attached hydrogens (tertiary/aromatic N) is 2. The summed E-state index contributed by atoms with van der Waals surface area (Å²) >= 11 is 0. The summed E-state index contributed by atoms with van der Waals surface area (Å²) in [5, 5.41) is 8.66. The first-order valence-corrected chi connectivity index (χ1v) is 5.64. The van der Waals surface area contributed by atoms with Gasteiger partial charge in [-0.15, -0.1) is 0 Å². The summed E-state index contributed by atoms with van der Waals surface area (Å²) in [7, 11) is 0. The van der Waals surface area contributed by atoms with E-state index in [0.717, 1.165) is 24.3 Å². The Bertz CT molecular complexity index is 435. The van der Waals surface area contributed by atoms with E-state index in [-0.39, 0.29) is 5.70 Å². The second-order valence-electron chi connectivity index (χ2n) is 3.66. The number of allylic oxidation sites excluding steroid dienone is 1. The quantitative estimate of drug-likeness (QED) is 0.771. The fraction of sp³-hybridized carbons (Fsp3) is 0.308. The predicted octanol–water partition coefficient (Wildman–Crippen LogP) is 1.64. The van der Waals surface area contributed by atoms with E-state index in [2.05, 4.69) is 18.7 Å². The summed E-state index contributed by atoms with van der Waals surface area (Å²) in [6.07, 6.45) is 0. The summed E-state index contributed by atoms with van der Waals surface area (Å²) in [5.74, 6) is 0. The first-order valence-electron chi connectivity index (χ1n) is 5.64. The number of hydrogen-bond donors (Lipinski definition) is 2. The van der Waals surface area contributed by atoms with Crippen molar-refractivity contribution in [1.29, 1.82) is 5.26 Å². The molecule has 0 aliphatic rings. The van der Waals surface area contributed by atoms with Gasteiger partial charge in [-0.25, -0.2) is 0 Å². The third-order valence-corrected chi connectivity index (χ3v) is 2.72. The van der Waals surface area contributed by atoms with Crippen molar-refractivity contribution >= 4 is 11.4 Å². The van der Waals surface area contributed by atoms with Gasteiger partial charge in [0.25, 0.3) is 0 Å². The standard InChI is InChI=1S/C13H18N4/c1-3-17(4-2)11-7-5-10(6-8-11)13(16)12(15)9-14/h5-8H,3-4,15-16H2,1-2H3/b13-12-. The number of anilines is 1. The Morgan fingerprint density at radius 2 is 1.71 bits per heavy atom. The van der Waals surface area contributed by atoms with Gasteiger partial charge in [0.1, 0.15) is 11.8 Å². The Balaban J connectivity index is 3.01. The molecule has 90 valence electrons. The zero-order chi connectivity index (χ0) is 12.8. The molecule has 0 atom stereocenters. The van der Waals surface area contributed by atoms with Crippen LogP contribution in [0, 0.1) is 11.3 Å². The summed E-state index contributed by atoms with van der Waals surface area (Å²) in [5.41, 5.74) is 13.5. The Labute approximate surface area is 102 Å². The Morgan fingerprint density at radius 1 is 1.18 bits per heavy atom. The zero-order valence-electron chi connectivity index (χ0n) is 10.3. The molecule has 0 saturated carbocycles. The molecule has 0 unspecified atom stereocenters. The molecule has 0 aliphatic heterocycles. The highest BCUT2D eigenvalue weighted by Crippen LogP contribution is 2.18. The lowest BCUT2D eigenvalue weighted by Gasteiger charge is -2.21. The van der Waals surface area contributed by atoms with Gasteiger partial charge in [-0.2, -0.15) is 5.26 Å². The number of rotatable bonds is 4. The van der Waals surface area contributed by atoms with E-state index in [1.807, 2.05) is 30.3 Å². The van der Waals surface area contributed by atoms with Gasteiger partial charge in [-0.05, 0) is 26.0 Å². The molecule has 0 radical (unpaired) electrons. The number of benzene rings is 1. The van der Waals surface area contributed by atoms with Crippen LogP contribution in [0.2, 0.25) is 0 Å². The maximum Gasteiger partial charge on any atom is 0.134 e. The van der Waals surface area contributed by atoms with Gasteiger partial charge in [-0.3, -0.25) is 0 Å². The summed E-state index contributed by atoms with van der Waals surface area (Å²) in [6.45, 7) is 6.14. The minimum Gasteiger partial charge on any atom is -0.396 e. The molecule has 4 N–H and O–H groups in total. The summed E-state index contributed by atoms with van der Waals surface area (Å²) in [6, 6.07) is 9.58. The smallest absolute Gasteiger partial charge is 0.134 e. The molecule has 4 heteroatoms. The van der Waals surface area contributed by atoms with Crippen LogP contribution in [0.15, 0.2) is 30.0 Å². The van der Waals surface area contributed by atoms with Gasteiger partial charge in [-0.1, -0.05) is 12.1 Å². The van der Waals surface area contributed by atoms with E-state index >= 15 is 0 Å². The van der Waals surface area contributed by atoms with Crippen molar-refractivity contribution in [1.82, 2.24) is 0 Å². The van der Waals surface area contributed by atoms with Gasteiger partial charge in [0, 0.05) is 24.3 Å². The first kappa shape index (κ1) is 12.9. The van der Waals surface area contributed by atoms with Crippen LogP contribution in [-0.4, -0.2) is 13.1 Å². The molecule has 1 aromatic rings. The van der Waals surface area contributed by atoms with Crippen LogP contribution in [0.1, 0.15) is 19.4 Å². The molecule has 0 bridgehead atoms. The SMILES string of the molecule is CCN(CC)c1ccc(/C(N)=C(/N)C#N)cc1. The second kappa shape index (κ2) is 5.80. The number of nitriles is 1.